The number of halogens is 1. The number of para-hydroxylation sites is 1. The van der Waals surface area contributed by atoms with E-state index in [1.807, 2.05) is 0 Å². The molecule has 116 valence electrons. The first-order chi connectivity index (χ1) is 10.3. The fraction of sp³-hybridized carbons (Fsp3) is 0.143. The highest BCUT2D eigenvalue weighted by Crippen LogP contribution is 2.25. The number of hydrogen-bond acceptors (Lipinski definition) is 4. The van der Waals surface area contributed by atoms with Gasteiger partial charge in [-0.05, 0) is 30.7 Å². The average Bonchev–Trinajstić information content (AvgIpc) is 2.46. The molecule has 0 saturated heterocycles. The lowest BCUT2D eigenvalue weighted by Crippen LogP contribution is -2.27. The van der Waals surface area contributed by atoms with E-state index in [4.69, 9.17) is 11.6 Å². The van der Waals surface area contributed by atoms with Crippen molar-refractivity contribution in [1.29, 1.82) is 0 Å². The van der Waals surface area contributed by atoms with Crippen molar-refractivity contribution in [3.8, 4) is 0 Å². The number of nitrogens with one attached hydrogen (secondary N) is 1. The molecule has 2 aromatic carbocycles. The van der Waals surface area contributed by atoms with Crippen molar-refractivity contribution in [3.05, 3.63) is 69.2 Å². The van der Waals surface area contributed by atoms with Gasteiger partial charge in [0.15, 0.2) is 4.90 Å². The summed E-state index contributed by atoms with van der Waals surface area (Å²) in [5, 5.41) is 11.4. The number of hydrogen-bond donors (Lipinski definition) is 1. The molecule has 0 aliphatic rings. The number of nitro groups is 1. The summed E-state index contributed by atoms with van der Waals surface area (Å²) in [6.45, 7) is 1.64. The van der Waals surface area contributed by atoms with Gasteiger partial charge in [-0.2, -0.15) is 0 Å². The van der Waals surface area contributed by atoms with Crippen LogP contribution < -0.4 is 4.72 Å². The number of benzene rings is 2. The summed E-state index contributed by atoms with van der Waals surface area (Å²) < 4.78 is 27.2. The van der Waals surface area contributed by atoms with Crippen molar-refractivity contribution in [2.45, 2.75) is 17.9 Å². The van der Waals surface area contributed by atoms with E-state index in [2.05, 4.69) is 4.72 Å². The summed E-state index contributed by atoms with van der Waals surface area (Å²) in [7, 11) is -4.03. The van der Waals surface area contributed by atoms with Crippen LogP contribution in [-0.2, 0) is 10.0 Å². The van der Waals surface area contributed by atoms with Gasteiger partial charge in [0, 0.05) is 17.1 Å². The van der Waals surface area contributed by atoms with Gasteiger partial charge >= 0.3 is 0 Å². The van der Waals surface area contributed by atoms with Crippen LogP contribution in [0.1, 0.15) is 18.5 Å². The second-order valence-corrected chi connectivity index (χ2v) is 6.74. The lowest BCUT2D eigenvalue weighted by molar-refractivity contribution is -0.387. The fourth-order valence-electron chi connectivity index (χ4n) is 1.98. The van der Waals surface area contributed by atoms with E-state index in [1.165, 1.54) is 18.2 Å². The summed E-state index contributed by atoms with van der Waals surface area (Å²) >= 11 is 5.88. The Labute approximate surface area is 132 Å². The molecule has 0 bridgehead atoms. The Morgan fingerprint density at radius 1 is 1.18 bits per heavy atom. The highest BCUT2D eigenvalue weighted by molar-refractivity contribution is 7.89. The predicted octanol–water partition coefficient (Wildman–Crippen LogP) is 3.29. The molecule has 0 saturated carbocycles. The number of sulfonamides is 1. The molecule has 1 atom stereocenters. The zero-order chi connectivity index (χ0) is 16.3. The van der Waals surface area contributed by atoms with Gasteiger partial charge in [-0.1, -0.05) is 35.9 Å². The molecule has 1 N–H and O–H groups in total. The first-order valence-corrected chi connectivity index (χ1v) is 8.18. The van der Waals surface area contributed by atoms with Gasteiger partial charge in [0.2, 0.25) is 10.0 Å². The quantitative estimate of drug-likeness (QED) is 0.668. The maximum Gasteiger partial charge on any atom is 0.289 e. The molecule has 1 unspecified atom stereocenters. The van der Waals surface area contributed by atoms with Gasteiger partial charge in [-0.25, -0.2) is 13.1 Å². The maximum atomic E-state index is 12.4. The van der Waals surface area contributed by atoms with E-state index in [9.17, 15) is 18.5 Å². The highest BCUT2D eigenvalue weighted by atomic mass is 35.5. The average molecular weight is 341 g/mol. The molecule has 0 spiro atoms. The van der Waals surface area contributed by atoms with E-state index >= 15 is 0 Å². The zero-order valence-corrected chi connectivity index (χ0v) is 13.1. The summed E-state index contributed by atoms with van der Waals surface area (Å²) in [5.74, 6) is 0. The van der Waals surface area contributed by atoms with E-state index in [1.54, 1.807) is 31.2 Å². The summed E-state index contributed by atoms with van der Waals surface area (Å²) in [6.07, 6.45) is 0. The Balaban J connectivity index is 2.34. The Bertz CT molecular complexity index is 808. The molecule has 8 heteroatoms. The van der Waals surface area contributed by atoms with Gasteiger partial charge in [0.25, 0.3) is 5.69 Å². The van der Waals surface area contributed by atoms with Crippen molar-refractivity contribution in [2.24, 2.45) is 0 Å². The van der Waals surface area contributed by atoms with Crippen LogP contribution in [-0.4, -0.2) is 13.3 Å². The van der Waals surface area contributed by atoms with Crippen LogP contribution in [0, 0.1) is 10.1 Å². The Hall–Kier alpha value is -1.96. The van der Waals surface area contributed by atoms with Crippen LogP contribution in [0.4, 0.5) is 5.69 Å². The minimum Gasteiger partial charge on any atom is -0.258 e. The second kappa shape index (κ2) is 6.43. The highest BCUT2D eigenvalue weighted by Gasteiger charge is 2.26. The third-order valence-corrected chi connectivity index (χ3v) is 4.86. The SMILES string of the molecule is CC(NS(=O)(=O)c1ccccc1[N+](=O)[O-])c1cccc(Cl)c1. The van der Waals surface area contributed by atoms with Crippen LogP contribution in [0.3, 0.4) is 0 Å². The molecular weight excluding hydrogens is 328 g/mol. The lowest BCUT2D eigenvalue weighted by atomic mass is 10.1. The fourth-order valence-corrected chi connectivity index (χ4v) is 3.58. The zero-order valence-electron chi connectivity index (χ0n) is 11.6. The van der Waals surface area contributed by atoms with Crippen molar-refractivity contribution >= 4 is 27.3 Å². The standard InChI is InChI=1S/C14H13ClN2O4S/c1-10(11-5-4-6-12(15)9-11)16-22(20,21)14-8-3-2-7-13(14)17(18)19/h2-10,16H,1H3. The summed E-state index contributed by atoms with van der Waals surface area (Å²) in [6, 6.07) is 11.4. The minimum absolute atomic E-state index is 0.367. The molecule has 0 aromatic heterocycles. The molecule has 0 radical (unpaired) electrons. The Morgan fingerprint density at radius 3 is 2.50 bits per heavy atom. The van der Waals surface area contributed by atoms with Crippen LogP contribution in [0.2, 0.25) is 5.02 Å². The third kappa shape index (κ3) is 3.62. The summed E-state index contributed by atoms with van der Waals surface area (Å²) in [4.78, 5) is 9.87. The molecule has 6 nitrogen and oxygen atoms in total. The minimum atomic E-state index is -4.03. The van der Waals surface area contributed by atoms with Crippen LogP contribution in [0.25, 0.3) is 0 Å². The second-order valence-electron chi connectivity index (χ2n) is 4.62. The largest absolute Gasteiger partial charge is 0.289 e. The van der Waals surface area contributed by atoms with E-state index < -0.39 is 26.7 Å². The van der Waals surface area contributed by atoms with Crippen LogP contribution >= 0.6 is 11.6 Å². The van der Waals surface area contributed by atoms with Gasteiger partial charge in [0.1, 0.15) is 0 Å². The molecule has 0 aliphatic heterocycles. The van der Waals surface area contributed by atoms with Gasteiger partial charge in [-0.3, -0.25) is 10.1 Å². The van der Waals surface area contributed by atoms with Crippen molar-refractivity contribution in [1.82, 2.24) is 4.72 Å². The molecule has 0 amide bonds. The number of nitrogens with zero attached hydrogens (tertiary/aromatic N) is 1. The molecule has 0 heterocycles. The van der Waals surface area contributed by atoms with E-state index in [-0.39, 0.29) is 4.90 Å². The normalized spacial score (nSPS) is 12.8. The number of nitro benzene ring substituents is 1. The number of rotatable bonds is 5. The van der Waals surface area contributed by atoms with Gasteiger partial charge < -0.3 is 0 Å². The predicted molar refractivity (Wildman–Crippen MR) is 83.3 cm³/mol. The maximum absolute atomic E-state index is 12.4. The van der Waals surface area contributed by atoms with E-state index in [0.717, 1.165) is 6.07 Å². The Kier molecular flexibility index (Phi) is 4.80. The molecule has 22 heavy (non-hydrogen) atoms. The molecule has 0 fully saturated rings. The van der Waals surface area contributed by atoms with Crippen molar-refractivity contribution in [2.75, 3.05) is 0 Å². The smallest absolute Gasteiger partial charge is 0.258 e. The van der Waals surface area contributed by atoms with Crippen LogP contribution in [0.5, 0.6) is 0 Å². The molecular formula is C14H13ClN2O4S. The summed E-state index contributed by atoms with van der Waals surface area (Å²) in [5.41, 5.74) is 0.197. The van der Waals surface area contributed by atoms with Gasteiger partial charge in [0.05, 0.1) is 4.92 Å². The molecule has 0 aliphatic carbocycles. The van der Waals surface area contributed by atoms with Crippen LogP contribution in [0.15, 0.2) is 53.4 Å². The Morgan fingerprint density at radius 2 is 1.86 bits per heavy atom. The first kappa shape index (κ1) is 16.4. The van der Waals surface area contributed by atoms with Gasteiger partial charge in [-0.15, -0.1) is 0 Å². The first-order valence-electron chi connectivity index (χ1n) is 6.32. The van der Waals surface area contributed by atoms with Crippen molar-refractivity contribution < 1.29 is 13.3 Å². The monoisotopic (exact) mass is 340 g/mol. The topological polar surface area (TPSA) is 89.3 Å². The lowest BCUT2D eigenvalue weighted by Gasteiger charge is -2.15. The van der Waals surface area contributed by atoms with Crippen molar-refractivity contribution in [3.63, 3.8) is 0 Å². The molecule has 2 aromatic rings. The third-order valence-electron chi connectivity index (χ3n) is 3.03. The molecule has 2 rings (SSSR count). The van der Waals surface area contributed by atoms with E-state index in [0.29, 0.717) is 10.6 Å².